The van der Waals surface area contributed by atoms with E-state index in [1.165, 1.54) is 18.2 Å². The average Bonchev–Trinajstić information content (AvgIpc) is 2.43. The molecule has 0 radical (unpaired) electrons. The maximum Gasteiger partial charge on any atom is 0.328 e. The van der Waals surface area contributed by atoms with Crippen LogP contribution in [0.2, 0.25) is 0 Å². The number of halogens is 1. The highest BCUT2D eigenvalue weighted by atomic mass is 19.1. The van der Waals surface area contributed by atoms with E-state index in [0.29, 0.717) is 12.1 Å². The number of piperidine rings is 1. The van der Waals surface area contributed by atoms with Crippen LogP contribution in [0.25, 0.3) is 6.08 Å². The third-order valence-electron chi connectivity index (χ3n) is 3.85. The molecule has 0 bridgehead atoms. The Morgan fingerprint density at radius 1 is 1.52 bits per heavy atom. The van der Waals surface area contributed by atoms with Crippen molar-refractivity contribution in [3.05, 3.63) is 41.2 Å². The molecule has 0 aromatic heterocycles. The number of carboxylic acid groups (broad SMARTS) is 1. The van der Waals surface area contributed by atoms with Gasteiger partial charge < -0.3 is 10.2 Å². The molecular formula is C16H20FNO3. The normalized spacial score (nSPS) is 23.6. The lowest BCUT2D eigenvalue weighted by Crippen LogP contribution is -2.41. The standard InChI is InChI=1S/C16H20FNO3/c1-11-9-18(7-6-15(11)19)10-13-2-4-14(17)8-12(13)3-5-16(20)21/h2-5,8,11,15,19H,6-7,9-10H2,1H3,(H,20,21)/b5-3+. The zero-order valence-corrected chi connectivity index (χ0v) is 12.0. The Labute approximate surface area is 123 Å². The van der Waals surface area contributed by atoms with Crippen LogP contribution in [0.5, 0.6) is 0 Å². The summed E-state index contributed by atoms with van der Waals surface area (Å²) in [5, 5.41) is 18.4. The average molecular weight is 293 g/mol. The Morgan fingerprint density at radius 2 is 2.29 bits per heavy atom. The number of hydrogen-bond donors (Lipinski definition) is 2. The van der Waals surface area contributed by atoms with Crippen molar-refractivity contribution in [3.8, 4) is 0 Å². The third kappa shape index (κ3) is 4.37. The molecule has 21 heavy (non-hydrogen) atoms. The summed E-state index contributed by atoms with van der Waals surface area (Å²) >= 11 is 0. The molecule has 2 N–H and O–H groups in total. The van der Waals surface area contributed by atoms with Crippen molar-refractivity contribution in [2.24, 2.45) is 5.92 Å². The minimum Gasteiger partial charge on any atom is -0.478 e. The van der Waals surface area contributed by atoms with Crippen LogP contribution in [0.3, 0.4) is 0 Å². The fourth-order valence-electron chi connectivity index (χ4n) is 2.63. The number of carbonyl (C=O) groups is 1. The van der Waals surface area contributed by atoms with Gasteiger partial charge in [-0.1, -0.05) is 13.0 Å². The van der Waals surface area contributed by atoms with E-state index in [-0.39, 0.29) is 17.8 Å². The summed E-state index contributed by atoms with van der Waals surface area (Å²) in [5.41, 5.74) is 1.47. The summed E-state index contributed by atoms with van der Waals surface area (Å²) in [5.74, 6) is -1.23. The van der Waals surface area contributed by atoms with Crippen molar-refractivity contribution in [2.75, 3.05) is 13.1 Å². The predicted octanol–water partition coefficient (Wildman–Crippen LogP) is 2.13. The van der Waals surface area contributed by atoms with E-state index < -0.39 is 5.97 Å². The Hall–Kier alpha value is -1.72. The minimum absolute atomic E-state index is 0.206. The number of aliphatic carboxylic acids is 1. The summed E-state index contributed by atoms with van der Waals surface area (Å²) in [6, 6.07) is 4.42. The van der Waals surface area contributed by atoms with Gasteiger partial charge in [-0.2, -0.15) is 0 Å². The van der Waals surface area contributed by atoms with Gasteiger partial charge in [0, 0.05) is 25.7 Å². The number of carboxylic acids is 1. The smallest absolute Gasteiger partial charge is 0.328 e. The Morgan fingerprint density at radius 3 is 2.95 bits per heavy atom. The molecule has 2 rings (SSSR count). The zero-order valence-electron chi connectivity index (χ0n) is 12.0. The van der Waals surface area contributed by atoms with Gasteiger partial charge >= 0.3 is 5.97 Å². The maximum absolute atomic E-state index is 13.3. The van der Waals surface area contributed by atoms with E-state index in [9.17, 15) is 14.3 Å². The number of rotatable bonds is 4. The molecule has 0 spiro atoms. The van der Waals surface area contributed by atoms with Crippen LogP contribution >= 0.6 is 0 Å². The summed E-state index contributed by atoms with van der Waals surface area (Å²) in [6.07, 6.45) is 2.90. The van der Waals surface area contributed by atoms with Gasteiger partial charge in [0.05, 0.1) is 6.10 Å². The van der Waals surface area contributed by atoms with Gasteiger partial charge in [0.25, 0.3) is 0 Å². The second-order valence-electron chi connectivity index (χ2n) is 5.58. The summed E-state index contributed by atoms with van der Waals surface area (Å²) < 4.78 is 13.3. The van der Waals surface area contributed by atoms with Crippen molar-refractivity contribution >= 4 is 12.0 Å². The predicted molar refractivity (Wildman–Crippen MR) is 78.1 cm³/mol. The second-order valence-corrected chi connectivity index (χ2v) is 5.58. The quantitative estimate of drug-likeness (QED) is 0.835. The molecule has 2 atom stereocenters. The molecule has 2 unspecified atom stereocenters. The Bertz CT molecular complexity index is 544. The number of likely N-dealkylation sites (tertiary alicyclic amines) is 1. The topological polar surface area (TPSA) is 60.8 Å². The van der Waals surface area contributed by atoms with Crippen LogP contribution in [-0.2, 0) is 11.3 Å². The largest absolute Gasteiger partial charge is 0.478 e. The molecule has 1 saturated heterocycles. The molecule has 0 saturated carbocycles. The highest BCUT2D eigenvalue weighted by Crippen LogP contribution is 2.21. The molecule has 1 heterocycles. The fourth-order valence-corrected chi connectivity index (χ4v) is 2.63. The minimum atomic E-state index is -1.06. The number of aliphatic hydroxyl groups is 1. The van der Waals surface area contributed by atoms with Crippen LogP contribution in [0, 0.1) is 11.7 Å². The molecule has 5 heteroatoms. The van der Waals surface area contributed by atoms with Crippen molar-refractivity contribution in [3.63, 3.8) is 0 Å². The first-order chi connectivity index (χ1) is 9.95. The highest BCUT2D eigenvalue weighted by molar-refractivity contribution is 5.85. The van der Waals surface area contributed by atoms with Gasteiger partial charge in [0.1, 0.15) is 5.82 Å². The van der Waals surface area contributed by atoms with E-state index in [4.69, 9.17) is 5.11 Å². The van der Waals surface area contributed by atoms with Crippen molar-refractivity contribution in [1.82, 2.24) is 4.90 Å². The molecule has 1 fully saturated rings. The fraction of sp³-hybridized carbons (Fsp3) is 0.438. The molecule has 1 aromatic carbocycles. The molecule has 1 aliphatic heterocycles. The first-order valence-electron chi connectivity index (χ1n) is 7.05. The van der Waals surface area contributed by atoms with Gasteiger partial charge in [0.2, 0.25) is 0 Å². The van der Waals surface area contributed by atoms with E-state index in [1.807, 2.05) is 6.92 Å². The number of hydrogen-bond acceptors (Lipinski definition) is 3. The molecule has 1 aliphatic rings. The molecule has 0 aliphatic carbocycles. The number of benzene rings is 1. The Kier molecular flexibility index (Phi) is 5.09. The van der Waals surface area contributed by atoms with Gasteiger partial charge in [-0.05, 0) is 41.7 Å². The third-order valence-corrected chi connectivity index (χ3v) is 3.85. The van der Waals surface area contributed by atoms with Crippen molar-refractivity contribution < 1.29 is 19.4 Å². The van der Waals surface area contributed by atoms with E-state index >= 15 is 0 Å². The molecule has 114 valence electrons. The number of aliphatic hydroxyl groups excluding tert-OH is 1. The lowest BCUT2D eigenvalue weighted by Gasteiger charge is -2.34. The van der Waals surface area contributed by atoms with E-state index in [2.05, 4.69) is 4.90 Å². The van der Waals surface area contributed by atoms with E-state index in [0.717, 1.165) is 31.1 Å². The van der Waals surface area contributed by atoms with Crippen LogP contribution in [0.1, 0.15) is 24.5 Å². The molecule has 0 amide bonds. The molecule has 4 nitrogen and oxygen atoms in total. The number of nitrogens with zero attached hydrogens (tertiary/aromatic N) is 1. The first kappa shape index (κ1) is 15.7. The SMILES string of the molecule is CC1CN(Cc2ccc(F)cc2/C=C/C(=O)O)CCC1O. The van der Waals surface area contributed by atoms with Gasteiger partial charge in [-0.25, -0.2) is 9.18 Å². The highest BCUT2D eigenvalue weighted by Gasteiger charge is 2.24. The maximum atomic E-state index is 13.3. The van der Waals surface area contributed by atoms with Crippen LogP contribution in [0.4, 0.5) is 4.39 Å². The first-order valence-corrected chi connectivity index (χ1v) is 7.05. The van der Waals surface area contributed by atoms with E-state index in [1.54, 1.807) is 6.07 Å². The Balaban J connectivity index is 2.14. The summed E-state index contributed by atoms with van der Waals surface area (Å²) in [7, 11) is 0. The van der Waals surface area contributed by atoms with Gasteiger partial charge in [-0.3, -0.25) is 4.90 Å². The lowest BCUT2D eigenvalue weighted by atomic mass is 9.96. The molecular weight excluding hydrogens is 273 g/mol. The summed E-state index contributed by atoms with van der Waals surface area (Å²) in [6.45, 7) is 4.19. The molecule has 1 aromatic rings. The lowest BCUT2D eigenvalue weighted by molar-refractivity contribution is -0.131. The van der Waals surface area contributed by atoms with Crippen molar-refractivity contribution in [2.45, 2.75) is 26.0 Å². The van der Waals surface area contributed by atoms with Gasteiger partial charge in [-0.15, -0.1) is 0 Å². The zero-order chi connectivity index (χ0) is 15.4. The van der Waals surface area contributed by atoms with Crippen LogP contribution < -0.4 is 0 Å². The monoisotopic (exact) mass is 293 g/mol. The van der Waals surface area contributed by atoms with Crippen molar-refractivity contribution in [1.29, 1.82) is 0 Å². The second kappa shape index (κ2) is 6.83. The van der Waals surface area contributed by atoms with Gasteiger partial charge in [0.15, 0.2) is 0 Å². The summed E-state index contributed by atoms with van der Waals surface area (Å²) in [4.78, 5) is 12.8. The van der Waals surface area contributed by atoms with Crippen LogP contribution in [0.15, 0.2) is 24.3 Å². The van der Waals surface area contributed by atoms with Crippen LogP contribution in [-0.4, -0.2) is 40.3 Å².